The van der Waals surface area contributed by atoms with Crippen molar-refractivity contribution in [1.29, 1.82) is 0 Å². The van der Waals surface area contributed by atoms with Gasteiger partial charge in [-0.25, -0.2) is 10.1 Å². The molecule has 3 aromatic rings. The summed E-state index contributed by atoms with van der Waals surface area (Å²) in [5.74, 6) is 0.103. The SMILES string of the molecule is O=C(Cc1n[nH]c(=O)c2ccccc12)N1CCN(c2ncc(C(F)(F)F)cc2Cl)CC1. The fourth-order valence-electron chi connectivity index (χ4n) is 3.55. The van der Waals surface area contributed by atoms with Gasteiger partial charge in [0, 0.05) is 37.8 Å². The average molecular weight is 452 g/mol. The summed E-state index contributed by atoms with van der Waals surface area (Å²) in [5, 5.41) is 7.45. The van der Waals surface area contributed by atoms with Crippen LogP contribution in [0.25, 0.3) is 10.8 Å². The molecular weight excluding hydrogens is 435 g/mol. The molecule has 0 unspecified atom stereocenters. The zero-order valence-electron chi connectivity index (χ0n) is 16.1. The number of hydrogen-bond donors (Lipinski definition) is 1. The quantitative estimate of drug-likeness (QED) is 0.662. The minimum Gasteiger partial charge on any atom is -0.352 e. The summed E-state index contributed by atoms with van der Waals surface area (Å²) >= 11 is 6.02. The number of alkyl halides is 3. The number of anilines is 1. The monoisotopic (exact) mass is 451 g/mol. The van der Waals surface area contributed by atoms with Gasteiger partial charge in [0.25, 0.3) is 5.56 Å². The highest BCUT2D eigenvalue weighted by Gasteiger charge is 2.32. The lowest BCUT2D eigenvalue weighted by Gasteiger charge is -2.35. The second-order valence-electron chi connectivity index (χ2n) is 7.12. The van der Waals surface area contributed by atoms with Crippen LogP contribution in [0.3, 0.4) is 0 Å². The van der Waals surface area contributed by atoms with Crippen LogP contribution < -0.4 is 10.5 Å². The summed E-state index contributed by atoms with van der Waals surface area (Å²) in [4.78, 5) is 31.9. The molecule has 1 aromatic carbocycles. The molecule has 0 spiro atoms. The largest absolute Gasteiger partial charge is 0.417 e. The molecule has 1 amide bonds. The summed E-state index contributed by atoms with van der Waals surface area (Å²) in [6, 6.07) is 7.79. The maximum atomic E-state index is 12.8. The highest BCUT2D eigenvalue weighted by molar-refractivity contribution is 6.33. The molecule has 1 aliphatic heterocycles. The predicted octanol–water partition coefficient (Wildman–Crippen LogP) is 2.88. The van der Waals surface area contributed by atoms with Crippen LogP contribution in [-0.4, -0.2) is 52.2 Å². The molecule has 1 saturated heterocycles. The molecule has 2 aromatic heterocycles. The zero-order valence-corrected chi connectivity index (χ0v) is 16.9. The van der Waals surface area contributed by atoms with E-state index in [0.29, 0.717) is 42.6 Å². The summed E-state index contributed by atoms with van der Waals surface area (Å²) in [6.45, 7) is 1.48. The van der Waals surface area contributed by atoms with Crippen molar-refractivity contribution in [3.8, 4) is 0 Å². The van der Waals surface area contributed by atoms with Crippen LogP contribution in [0.15, 0.2) is 41.3 Å². The van der Waals surface area contributed by atoms with Crippen molar-refractivity contribution in [3.63, 3.8) is 0 Å². The first-order chi connectivity index (χ1) is 14.7. The number of nitrogens with zero attached hydrogens (tertiary/aromatic N) is 4. The van der Waals surface area contributed by atoms with Crippen LogP contribution in [0.4, 0.5) is 19.0 Å². The molecule has 4 rings (SSSR count). The number of fused-ring (bicyclic) bond motifs is 1. The lowest BCUT2D eigenvalue weighted by molar-refractivity contribution is -0.137. The number of nitrogens with one attached hydrogen (secondary N) is 1. The Morgan fingerprint density at radius 1 is 1.13 bits per heavy atom. The molecule has 11 heteroatoms. The Bertz CT molecular complexity index is 1190. The van der Waals surface area contributed by atoms with Gasteiger partial charge < -0.3 is 9.80 Å². The second kappa shape index (κ2) is 8.18. The number of pyridine rings is 1. The number of halogens is 4. The van der Waals surface area contributed by atoms with Gasteiger partial charge in [-0.05, 0) is 12.1 Å². The van der Waals surface area contributed by atoms with Crippen LogP contribution in [0.5, 0.6) is 0 Å². The first kappa shape index (κ1) is 21.1. The zero-order chi connectivity index (χ0) is 22.2. The standard InChI is InChI=1S/C20H17ClF3N5O2/c21-15-9-12(20(22,23)24)11-25-18(15)29-7-5-28(6-8-29)17(30)10-16-13-3-1-2-4-14(13)19(31)27-26-16/h1-4,9,11H,5-8,10H2,(H,27,31). The molecule has 0 atom stereocenters. The number of carbonyl (C=O) groups is 1. The van der Waals surface area contributed by atoms with Crippen molar-refractivity contribution in [1.82, 2.24) is 20.1 Å². The number of aromatic nitrogens is 3. The summed E-state index contributed by atoms with van der Waals surface area (Å²) in [5.41, 5.74) is -0.743. The van der Waals surface area contributed by atoms with Gasteiger partial charge in [0.1, 0.15) is 5.82 Å². The number of H-pyrrole nitrogens is 1. The van der Waals surface area contributed by atoms with Crippen LogP contribution in [0.2, 0.25) is 5.02 Å². The van der Waals surface area contributed by atoms with Crippen LogP contribution in [0, 0.1) is 0 Å². The number of benzene rings is 1. The van der Waals surface area contributed by atoms with E-state index in [1.807, 2.05) is 0 Å². The van der Waals surface area contributed by atoms with Gasteiger partial charge in [-0.1, -0.05) is 29.8 Å². The van der Waals surface area contributed by atoms with Crippen LogP contribution in [-0.2, 0) is 17.4 Å². The molecule has 0 radical (unpaired) electrons. The molecule has 1 fully saturated rings. The number of carbonyl (C=O) groups excluding carboxylic acids is 1. The van der Waals surface area contributed by atoms with E-state index >= 15 is 0 Å². The van der Waals surface area contributed by atoms with Gasteiger partial charge in [0.15, 0.2) is 0 Å². The van der Waals surface area contributed by atoms with E-state index in [9.17, 15) is 22.8 Å². The van der Waals surface area contributed by atoms with E-state index in [0.717, 1.165) is 12.3 Å². The average Bonchev–Trinajstić information content (AvgIpc) is 2.75. The minimum atomic E-state index is -4.51. The lowest BCUT2D eigenvalue weighted by atomic mass is 10.1. The number of amides is 1. The third-order valence-corrected chi connectivity index (χ3v) is 5.45. The van der Waals surface area contributed by atoms with Gasteiger partial charge in [-0.3, -0.25) is 9.59 Å². The van der Waals surface area contributed by atoms with Crippen molar-refractivity contribution >= 4 is 34.1 Å². The summed E-state index contributed by atoms with van der Waals surface area (Å²) in [6.07, 6.45) is -3.73. The molecule has 3 heterocycles. The Hall–Kier alpha value is -3.14. The predicted molar refractivity (Wildman–Crippen MR) is 109 cm³/mol. The number of aromatic amines is 1. The summed E-state index contributed by atoms with van der Waals surface area (Å²) < 4.78 is 38.4. The first-order valence-electron chi connectivity index (χ1n) is 9.46. The molecule has 0 saturated carbocycles. The van der Waals surface area contributed by atoms with Crippen molar-refractivity contribution in [3.05, 3.63) is 63.2 Å². The van der Waals surface area contributed by atoms with Gasteiger partial charge in [0.05, 0.1) is 28.1 Å². The van der Waals surface area contributed by atoms with E-state index in [2.05, 4.69) is 15.2 Å². The highest BCUT2D eigenvalue weighted by Crippen LogP contribution is 2.33. The Balaban J connectivity index is 1.43. The molecular formula is C20H17ClF3N5O2. The van der Waals surface area contributed by atoms with E-state index in [1.54, 1.807) is 34.1 Å². The van der Waals surface area contributed by atoms with Crippen LogP contribution in [0.1, 0.15) is 11.3 Å². The number of piperazine rings is 1. The van der Waals surface area contributed by atoms with E-state index in [-0.39, 0.29) is 28.7 Å². The molecule has 0 bridgehead atoms. The van der Waals surface area contributed by atoms with Gasteiger partial charge in [-0.15, -0.1) is 0 Å². The lowest BCUT2D eigenvalue weighted by Crippen LogP contribution is -2.49. The number of rotatable bonds is 3. The Morgan fingerprint density at radius 3 is 2.45 bits per heavy atom. The maximum absolute atomic E-state index is 12.8. The summed E-state index contributed by atoms with van der Waals surface area (Å²) in [7, 11) is 0. The van der Waals surface area contributed by atoms with Crippen LogP contribution >= 0.6 is 11.6 Å². The molecule has 7 nitrogen and oxygen atoms in total. The van der Waals surface area contributed by atoms with Crippen molar-refractivity contribution in [2.75, 3.05) is 31.1 Å². The van der Waals surface area contributed by atoms with E-state index in [1.165, 1.54) is 0 Å². The molecule has 1 aliphatic rings. The molecule has 162 valence electrons. The Morgan fingerprint density at radius 2 is 1.81 bits per heavy atom. The van der Waals surface area contributed by atoms with E-state index in [4.69, 9.17) is 11.6 Å². The molecule has 0 aliphatic carbocycles. The Labute approximate surface area is 179 Å². The topological polar surface area (TPSA) is 82.2 Å². The molecule has 1 N–H and O–H groups in total. The van der Waals surface area contributed by atoms with Gasteiger partial charge in [0.2, 0.25) is 5.91 Å². The first-order valence-corrected chi connectivity index (χ1v) is 9.83. The van der Waals surface area contributed by atoms with Crippen molar-refractivity contribution in [2.45, 2.75) is 12.6 Å². The van der Waals surface area contributed by atoms with Crippen molar-refractivity contribution in [2.24, 2.45) is 0 Å². The smallest absolute Gasteiger partial charge is 0.352 e. The maximum Gasteiger partial charge on any atom is 0.417 e. The van der Waals surface area contributed by atoms with E-state index < -0.39 is 11.7 Å². The minimum absolute atomic E-state index is 0.0244. The fraction of sp³-hybridized carbons (Fsp3) is 0.300. The fourth-order valence-corrected chi connectivity index (χ4v) is 3.83. The Kier molecular flexibility index (Phi) is 5.57. The third kappa shape index (κ3) is 4.34. The van der Waals surface area contributed by atoms with Gasteiger partial charge >= 0.3 is 6.18 Å². The highest BCUT2D eigenvalue weighted by atomic mass is 35.5. The number of hydrogen-bond acceptors (Lipinski definition) is 5. The second-order valence-corrected chi connectivity index (χ2v) is 7.52. The van der Waals surface area contributed by atoms with Gasteiger partial charge in [-0.2, -0.15) is 18.3 Å². The molecule has 31 heavy (non-hydrogen) atoms. The third-order valence-electron chi connectivity index (χ3n) is 5.17. The normalized spacial score (nSPS) is 14.8. The van der Waals surface area contributed by atoms with Crippen molar-refractivity contribution < 1.29 is 18.0 Å².